The zero-order valence-corrected chi connectivity index (χ0v) is 19.3. The van der Waals surface area contributed by atoms with Crippen LogP contribution in [0, 0.1) is 18.8 Å². The molecule has 6 rings (SSSR count). The molecule has 0 heterocycles. The Morgan fingerprint density at radius 3 is 2.55 bits per heavy atom. The van der Waals surface area contributed by atoms with Gasteiger partial charge in [-0.2, -0.15) is 5.10 Å². The van der Waals surface area contributed by atoms with Crippen molar-refractivity contribution in [1.29, 1.82) is 0 Å². The van der Waals surface area contributed by atoms with Crippen LogP contribution < -0.4 is 10.7 Å². The third-order valence-electron chi connectivity index (χ3n) is 7.46. The van der Waals surface area contributed by atoms with Crippen LogP contribution in [-0.2, 0) is 5.41 Å². The van der Waals surface area contributed by atoms with Gasteiger partial charge in [0, 0.05) is 15.6 Å². The number of carbonyl (C=O) groups is 1. The van der Waals surface area contributed by atoms with Gasteiger partial charge >= 0.3 is 6.03 Å². The molecule has 2 aromatic carbocycles. The average molecular weight is 482 g/mol. The summed E-state index contributed by atoms with van der Waals surface area (Å²) in [6.45, 7) is 2.13. The van der Waals surface area contributed by atoms with Gasteiger partial charge in [0.25, 0.3) is 0 Å². The number of nitrogens with zero attached hydrogens (tertiary/aromatic N) is 1. The number of rotatable bonds is 4. The molecule has 2 atom stereocenters. The summed E-state index contributed by atoms with van der Waals surface area (Å²) < 4.78 is 0.839. The first-order valence-electron chi connectivity index (χ1n) is 11.0. The standard InChI is InChI=1S/C25H28BrN3O2/c1-16-2-4-20(5-3-16)24-10-17-8-18(11-24)13-25(12-17,15-24)28-23(31)29-27-14-19-9-21(26)6-7-22(19)30/h2-7,9,14,17-18,30H,8,10-13,15H2,1H3,(H2,28,29,31)/b27-14+. The van der Waals surface area contributed by atoms with Crippen molar-refractivity contribution in [3.8, 4) is 5.75 Å². The molecule has 0 spiro atoms. The number of phenolic OH excluding ortho intramolecular Hbond substituents is 1. The fourth-order valence-electron chi connectivity index (χ4n) is 6.71. The fraction of sp³-hybridized carbons (Fsp3) is 0.440. The molecule has 4 fully saturated rings. The predicted molar refractivity (Wildman–Crippen MR) is 125 cm³/mol. The zero-order valence-electron chi connectivity index (χ0n) is 17.7. The third kappa shape index (κ3) is 3.98. The molecule has 2 amide bonds. The number of phenols is 1. The highest BCUT2D eigenvalue weighted by Gasteiger charge is 2.58. The molecule has 0 aromatic heterocycles. The first-order chi connectivity index (χ1) is 14.8. The summed E-state index contributed by atoms with van der Waals surface area (Å²) in [5.74, 6) is 1.46. The van der Waals surface area contributed by atoms with E-state index in [1.807, 2.05) is 0 Å². The SMILES string of the molecule is Cc1ccc(C23CC4CC(CC(NC(=O)N/N=C/c5cc(Br)ccc5O)(C4)C2)C3)cc1. The Morgan fingerprint density at radius 1 is 1.13 bits per heavy atom. The molecule has 4 aliphatic rings. The maximum atomic E-state index is 12.7. The van der Waals surface area contributed by atoms with Gasteiger partial charge in [0.1, 0.15) is 5.75 Å². The smallest absolute Gasteiger partial charge is 0.335 e. The number of carbonyl (C=O) groups excluding carboxylic acids is 1. The van der Waals surface area contributed by atoms with Crippen molar-refractivity contribution < 1.29 is 9.90 Å². The van der Waals surface area contributed by atoms with Crippen molar-refractivity contribution in [2.75, 3.05) is 0 Å². The maximum Gasteiger partial charge on any atom is 0.335 e. The van der Waals surface area contributed by atoms with Crippen molar-refractivity contribution in [3.05, 3.63) is 63.6 Å². The van der Waals surface area contributed by atoms with Crippen LogP contribution in [0.3, 0.4) is 0 Å². The van der Waals surface area contributed by atoms with E-state index in [-0.39, 0.29) is 22.7 Å². The minimum absolute atomic E-state index is 0.121. The summed E-state index contributed by atoms with van der Waals surface area (Å²) in [4.78, 5) is 12.7. The van der Waals surface area contributed by atoms with Crippen LogP contribution >= 0.6 is 15.9 Å². The number of hydrazone groups is 1. The number of hydrogen-bond donors (Lipinski definition) is 3. The molecule has 0 aliphatic heterocycles. The minimum Gasteiger partial charge on any atom is -0.507 e. The number of hydrogen-bond acceptors (Lipinski definition) is 3. The van der Waals surface area contributed by atoms with Crippen LogP contribution in [0.15, 0.2) is 52.0 Å². The van der Waals surface area contributed by atoms with Crippen molar-refractivity contribution in [2.45, 2.75) is 56.4 Å². The van der Waals surface area contributed by atoms with Crippen LogP contribution in [0.4, 0.5) is 4.79 Å². The highest BCUT2D eigenvalue weighted by atomic mass is 79.9. The van der Waals surface area contributed by atoms with Crippen LogP contribution in [0.2, 0.25) is 0 Å². The first-order valence-corrected chi connectivity index (χ1v) is 11.8. The molecule has 4 aliphatic carbocycles. The van der Waals surface area contributed by atoms with Crippen molar-refractivity contribution in [2.24, 2.45) is 16.9 Å². The summed E-state index contributed by atoms with van der Waals surface area (Å²) in [5, 5.41) is 17.3. The Hall–Kier alpha value is -2.34. The molecular formula is C25H28BrN3O2. The van der Waals surface area contributed by atoms with E-state index in [1.165, 1.54) is 36.6 Å². The molecule has 5 nitrogen and oxygen atoms in total. The topological polar surface area (TPSA) is 73.7 Å². The van der Waals surface area contributed by atoms with Gasteiger partial charge in [-0.1, -0.05) is 45.8 Å². The summed E-state index contributed by atoms with van der Waals surface area (Å²) in [7, 11) is 0. The van der Waals surface area contributed by atoms with E-state index in [4.69, 9.17) is 0 Å². The summed E-state index contributed by atoms with van der Waals surface area (Å²) in [6.07, 6.45) is 8.34. The van der Waals surface area contributed by atoms with Crippen LogP contribution in [-0.4, -0.2) is 22.9 Å². The zero-order chi connectivity index (χ0) is 21.6. The lowest BCUT2D eigenvalue weighted by atomic mass is 9.45. The number of urea groups is 1. The lowest BCUT2D eigenvalue weighted by molar-refractivity contribution is -0.0349. The minimum atomic E-state index is -0.272. The van der Waals surface area contributed by atoms with Gasteiger partial charge in [0.2, 0.25) is 0 Å². The summed E-state index contributed by atoms with van der Waals surface area (Å²) >= 11 is 3.38. The molecular weight excluding hydrogens is 454 g/mol. The highest BCUT2D eigenvalue weighted by Crippen LogP contribution is 2.62. The molecule has 4 bridgehead atoms. The number of halogens is 1. The van der Waals surface area contributed by atoms with Gasteiger partial charge in [-0.25, -0.2) is 10.2 Å². The lowest BCUT2D eigenvalue weighted by Crippen LogP contribution is -2.65. The molecule has 162 valence electrons. The first kappa shape index (κ1) is 20.6. The largest absolute Gasteiger partial charge is 0.507 e. The van der Waals surface area contributed by atoms with E-state index in [2.05, 4.69) is 63.0 Å². The van der Waals surface area contributed by atoms with E-state index in [9.17, 15) is 9.90 Å². The van der Waals surface area contributed by atoms with Crippen molar-refractivity contribution in [1.82, 2.24) is 10.7 Å². The van der Waals surface area contributed by atoms with E-state index in [0.29, 0.717) is 17.4 Å². The van der Waals surface area contributed by atoms with Crippen LogP contribution in [0.1, 0.15) is 55.2 Å². The Balaban J connectivity index is 1.31. The number of aromatic hydroxyl groups is 1. The Labute approximate surface area is 191 Å². The number of amides is 2. The normalized spacial score (nSPS) is 31.2. The van der Waals surface area contributed by atoms with Crippen LogP contribution in [0.25, 0.3) is 0 Å². The molecule has 3 N–H and O–H groups in total. The van der Waals surface area contributed by atoms with Crippen LogP contribution in [0.5, 0.6) is 5.75 Å². The Bertz CT molecular complexity index is 1020. The molecule has 0 radical (unpaired) electrons. The molecule has 31 heavy (non-hydrogen) atoms. The Morgan fingerprint density at radius 2 is 1.84 bits per heavy atom. The van der Waals surface area contributed by atoms with E-state index in [1.54, 1.807) is 18.2 Å². The number of benzene rings is 2. The number of nitrogens with one attached hydrogen (secondary N) is 2. The number of aryl methyl sites for hydroxylation is 1. The Kier molecular flexibility index (Phi) is 5.08. The summed E-state index contributed by atoms with van der Waals surface area (Å²) in [5.41, 5.74) is 5.89. The second kappa shape index (κ2) is 7.66. The average Bonchev–Trinajstić information content (AvgIpc) is 2.69. The molecule has 2 unspecified atom stereocenters. The van der Waals surface area contributed by atoms with Crippen molar-refractivity contribution in [3.63, 3.8) is 0 Å². The quantitative estimate of drug-likeness (QED) is 0.404. The van der Waals surface area contributed by atoms with Gasteiger partial charge in [0.05, 0.1) is 6.21 Å². The third-order valence-corrected chi connectivity index (χ3v) is 7.96. The van der Waals surface area contributed by atoms with E-state index < -0.39 is 0 Å². The lowest BCUT2D eigenvalue weighted by Gasteiger charge is -2.62. The highest BCUT2D eigenvalue weighted by molar-refractivity contribution is 9.10. The van der Waals surface area contributed by atoms with Crippen molar-refractivity contribution >= 4 is 28.2 Å². The van der Waals surface area contributed by atoms with Gasteiger partial charge in [-0.05, 0) is 86.5 Å². The predicted octanol–water partition coefficient (Wildman–Crippen LogP) is 5.39. The van der Waals surface area contributed by atoms with Gasteiger partial charge in [-0.15, -0.1) is 0 Å². The second-order valence-electron chi connectivity index (χ2n) is 9.91. The maximum absolute atomic E-state index is 12.7. The van der Waals surface area contributed by atoms with E-state index >= 15 is 0 Å². The molecule has 6 heteroatoms. The van der Waals surface area contributed by atoms with Gasteiger partial charge in [0.15, 0.2) is 0 Å². The molecule has 2 aromatic rings. The molecule has 4 saturated carbocycles. The monoisotopic (exact) mass is 481 g/mol. The fourth-order valence-corrected chi connectivity index (χ4v) is 7.09. The molecule has 0 saturated heterocycles. The van der Waals surface area contributed by atoms with E-state index in [0.717, 1.165) is 23.7 Å². The van der Waals surface area contributed by atoms with Gasteiger partial charge < -0.3 is 10.4 Å². The van der Waals surface area contributed by atoms with Gasteiger partial charge in [-0.3, -0.25) is 0 Å². The summed E-state index contributed by atoms with van der Waals surface area (Å²) in [6, 6.07) is 13.8. The second-order valence-corrected chi connectivity index (χ2v) is 10.8.